The van der Waals surface area contributed by atoms with Gasteiger partial charge in [-0.3, -0.25) is 9.59 Å². The Morgan fingerprint density at radius 1 is 1.03 bits per heavy atom. The molecule has 0 saturated heterocycles. The highest BCUT2D eigenvalue weighted by atomic mass is 35.5. The van der Waals surface area contributed by atoms with E-state index in [2.05, 4.69) is 10.4 Å². The highest BCUT2D eigenvalue weighted by Gasteiger charge is 2.18. The van der Waals surface area contributed by atoms with Crippen molar-refractivity contribution in [3.8, 4) is 5.69 Å². The monoisotopic (exact) mass is 406 g/mol. The van der Waals surface area contributed by atoms with Crippen LogP contribution in [-0.2, 0) is 11.3 Å². The van der Waals surface area contributed by atoms with Crippen molar-refractivity contribution in [2.24, 2.45) is 0 Å². The lowest BCUT2D eigenvalue weighted by atomic mass is 10.2. The molecule has 6 nitrogen and oxygen atoms in total. The molecule has 0 aliphatic heterocycles. The average molecular weight is 407 g/mol. The van der Waals surface area contributed by atoms with Gasteiger partial charge in [-0.25, -0.2) is 0 Å². The van der Waals surface area contributed by atoms with Crippen LogP contribution < -0.4 is 10.9 Å². The first-order valence-corrected chi connectivity index (χ1v) is 9.52. The fraction of sp³-hybridized carbons (Fsp3) is 0.136. The highest BCUT2D eigenvalue weighted by molar-refractivity contribution is 6.30. The van der Waals surface area contributed by atoms with Crippen LogP contribution in [0.1, 0.15) is 11.4 Å². The minimum absolute atomic E-state index is 0.0970. The predicted octanol–water partition coefficient (Wildman–Crippen LogP) is 4.10. The molecule has 0 spiro atoms. The number of fused-ring (bicyclic) bond motifs is 1. The molecule has 0 radical (unpaired) electrons. The van der Waals surface area contributed by atoms with Crippen LogP contribution in [0.15, 0.2) is 65.6 Å². The number of carbonyl (C=O) groups is 1. The van der Waals surface area contributed by atoms with E-state index in [1.54, 1.807) is 30.5 Å². The van der Waals surface area contributed by atoms with E-state index in [4.69, 9.17) is 11.6 Å². The van der Waals surface area contributed by atoms with Crippen molar-refractivity contribution in [3.63, 3.8) is 0 Å². The van der Waals surface area contributed by atoms with Gasteiger partial charge in [0.15, 0.2) is 0 Å². The Kier molecular flexibility index (Phi) is 4.94. The second-order valence-electron chi connectivity index (χ2n) is 6.80. The van der Waals surface area contributed by atoms with Gasteiger partial charge in [0.25, 0.3) is 5.56 Å². The maximum Gasteiger partial charge on any atom is 0.281 e. The largest absolute Gasteiger partial charge is 0.338 e. The Bertz CT molecular complexity index is 1260. The summed E-state index contributed by atoms with van der Waals surface area (Å²) in [5.74, 6) is -0.185. The number of rotatable bonds is 4. The summed E-state index contributed by atoms with van der Waals surface area (Å²) in [6.07, 6.45) is 1.68. The van der Waals surface area contributed by atoms with Crippen molar-refractivity contribution in [2.75, 3.05) is 5.32 Å². The van der Waals surface area contributed by atoms with E-state index < -0.39 is 0 Å². The smallest absolute Gasteiger partial charge is 0.281 e. The number of carbonyl (C=O) groups excluding carboxylic acids is 1. The minimum Gasteiger partial charge on any atom is -0.338 e. The Hall–Kier alpha value is -3.38. The van der Waals surface area contributed by atoms with E-state index in [0.717, 1.165) is 16.8 Å². The summed E-state index contributed by atoms with van der Waals surface area (Å²) in [5.41, 5.74) is 2.73. The van der Waals surface area contributed by atoms with Crippen molar-refractivity contribution in [1.29, 1.82) is 0 Å². The SMILES string of the molecule is Cc1c2cnn(-c3ccccc3)c(=O)c2c(C)n1CC(=O)Nc1ccc(Cl)cc1. The molecule has 0 aliphatic carbocycles. The van der Waals surface area contributed by atoms with Crippen molar-refractivity contribution in [2.45, 2.75) is 20.4 Å². The molecule has 4 aromatic rings. The first kappa shape index (κ1) is 19.0. The maximum atomic E-state index is 13.1. The maximum absolute atomic E-state index is 13.1. The van der Waals surface area contributed by atoms with Gasteiger partial charge in [0.05, 0.1) is 17.3 Å². The van der Waals surface area contributed by atoms with Crippen LogP contribution in [0, 0.1) is 13.8 Å². The molecule has 7 heteroatoms. The lowest BCUT2D eigenvalue weighted by Gasteiger charge is -2.10. The number of halogens is 1. The van der Waals surface area contributed by atoms with Gasteiger partial charge in [-0.15, -0.1) is 0 Å². The number of benzene rings is 2. The molecule has 0 fully saturated rings. The normalized spacial score (nSPS) is 11.0. The Labute approximate surface area is 172 Å². The van der Waals surface area contributed by atoms with Crippen LogP contribution >= 0.6 is 11.6 Å². The third-order valence-electron chi connectivity index (χ3n) is 4.97. The molecule has 1 amide bonds. The summed E-state index contributed by atoms with van der Waals surface area (Å²) in [7, 11) is 0. The Morgan fingerprint density at radius 2 is 1.72 bits per heavy atom. The van der Waals surface area contributed by atoms with Gasteiger partial charge in [-0.05, 0) is 50.2 Å². The van der Waals surface area contributed by atoms with Crippen LogP contribution in [0.4, 0.5) is 5.69 Å². The second-order valence-corrected chi connectivity index (χ2v) is 7.23. The van der Waals surface area contributed by atoms with E-state index in [1.807, 2.05) is 48.7 Å². The van der Waals surface area contributed by atoms with Crippen molar-refractivity contribution in [3.05, 3.63) is 87.6 Å². The van der Waals surface area contributed by atoms with Crippen LogP contribution in [0.3, 0.4) is 0 Å². The van der Waals surface area contributed by atoms with Gasteiger partial charge < -0.3 is 9.88 Å². The summed E-state index contributed by atoms with van der Waals surface area (Å²) in [4.78, 5) is 25.7. The van der Waals surface area contributed by atoms with E-state index >= 15 is 0 Å². The van der Waals surface area contributed by atoms with Crippen molar-refractivity contribution in [1.82, 2.24) is 14.3 Å². The van der Waals surface area contributed by atoms with Crippen LogP contribution in [-0.4, -0.2) is 20.3 Å². The van der Waals surface area contributed by atoms with Crippen molar-refractivity contribution < 1.29 is 4.79 Å². The number of anilines is 1. The third kappa shape index (κ3) is 3.54. The highest BCUT2D eigenvalue weighted by Crippen LogP contribution is 2.23. The first-order valence-electron chi connectivity index (χ1n) is 9.14. The molecule has 0 saturated carbocycles. The predicted molar refractivity (Wildman–Crippen MR) is 115 cm³/mol. The molecule has 2 aromatic carbocycles. The van der Waals surface area contributed by atoms with Gasteiger partial charge in [-0.2, -0.15) is 9.78 Å². The number of aromatic nitrogens is 3. The van der Waals surface area contributed by atoms with E-state index in [9.17, 15) is 9.59 Å². The first-order chi connectivity index (χ1) is 14.0. The lowest BCUT2D eigenvalue weighted by Crippen LogP contribution is -2.22. The molecule has 2 heterocycles. The number of hydrogen-bond acceptors (Lipinski definition) is 3. The lowest BCUT2D eigenvalue weighted by molar-refractivity contribution is -0.116. The summed E-state index contributed by atoms with van der Waals surface area (Å²) in [5, 5.41) is 9.10. The molecule has 2 aromatic heterocycles. The number of nitrogens with one attached hydrogen (secondary N) is 1. The van der Waals surface area contributed by atoms with Gasteiger partial charge >= 0.3 is 0 Å². The zero-order chi connectivity index (χ0) is 20.5. The van der Waals surface area contributed by atoms with Gasteiger partial charge in [-0.1, -0.05) is 29.8 Å². The number of amides is 1. The molecule has 0 bridgehead atoms. The van der Waals surface area contributed by atoms with E-state index in [1.165, 1.54) is 4.68 Å². The molecule has 146 valence electrons. The fourth-order valence-electron chi connectivity index (χ4n) is 3.48. The minimum atomic E-state index is -0.203. The summed E-state index contributed by atoms with van der Waals surface area (Å²) < 4.78 is 3.22. The van der Waals surface area contributed by atoms with E-state index in [0.29, 0.717) is 21.8 Å². The average Bonchev–Trinajstić information content (AvgIpc) is 2.96. The zero-order valence-corrected chi connectivity index (χ0v) is 16.8. The van der Waals surface area contributed by atoms with Crippen molar-refractivity contribution >= 4 is 34.0 Å². The van der Waals surface area contributed by atoms with Crippen LogP contribution in [0.25, 0.3) is 16.5 Å². The van der Waals surface area contributed by atoms with Crippen LogP contribution in [0.2, 0.25) is 5.02 Å². The Morgan fingerprint density at radius 3 is 2.41 bits per heavy atom. The number of aryl methyl sites for hydroxylation is 2. The van der Waals surface area contributed by atoms with Gasteiger partial charge in [0, 0.05) is 27.5 Å². The second kappa shape index (κ2) is 7.56. The number of nitrogens with zero attached hydrogens (tertiary/aromatic N) is 3. The van der Waals surface area contributed by atoms with E-state index in [-0.39, 0.29) is 18.0 Å². The molecule has 1 N–H and O–H groups in total. The van der Waals surface area contributed by atoms with Gasteiger partial charge in [0.1, 0.15) is 6.54 Å². The topological polar surface area (TPSA) is 68.9 Å². The number of para-hydroxylation sites is 1. The molecule has 0 aliphatic rings. The summed E-state index contributed by atoms with van der Waals surface area (Å²) >= 11 is 5.88. The molecule has 0 unspecified atom stereocenters. The molecule has 29 heavy (non-hydrogen) atoms. The standard InChI is InChI=1S/C22H19ClN4O2/c1-14-19-12-24-27(18-6-4-3-5-7-18)22(29)21(19)15(2)26(14)13-20(28)25-17-10-8-16(23)9-11-17/h3-12H,13H2,1-2H3,(H,25,28). The van der Waals surface area contributed by atoms with Crippen LogP contribution in [0.5, 0.6) is 0 Å². The third-order valence-corrected chi connectivity index (χ3v) is 5.22. The fourth-order valence-corrected chi connectivity index (χ4v) is 3.60. The molecular formula is C22H19ClN4O2. The molecular weight excluding hydrogens is 388 g/mol. The summed E-state index contributed by atoms with van der Waals surface area (Å²) in [6, 6.07) is 16.2. The Balaban J connectivity index is 1.70. The molecule has 0 atom stereocenters. The zero-order valence-electron chi connectivity index (χ0n) is 16.0. The van der Waals surface area contributed by atoms with Gasteiger partial charge in [0.2, 0.25) is 5.91 Å². The molecule has 4 rings (SSSR count). The quantitative estimate of drug-likeness (QED) is 0.554. The number of hydrogen-bond donors (Lipinski definition) is 1. The summed E-state index contributed by atoms with van der Waals surface area (Å²) in [6.45, 7) is 3.83.